The summed E-state index contributed by atoms with van der Waals surface area (Å²) in [4.78, 5) is 9.67. The summed E-state index contributed by atoms with van der Waals surface area (Å²) in [6.07, 6.45) is 2.80. The van der Waals surface area contributed by atoms with E-state index in [1.54, 1.807) is 17.5 Å². The van der Waals surface area contributed by atoms with E-state index in [4.69, 9.17) is 5.26 Å². The van der Waals surface area contributed by atoms with Crippen molar-refractivity contribution >= 4 is 27.3 Å². The predicted octanol–water partition coefficient (Wildman–Crippen LogP) is 3.42. The molecule has 2 aromatic heterocycles. The highest BCUT2D eigenvalue weighted by molar-refractivity contribution is 9.11. The van der Waals surface area contributed by atoms with Gasteiger partial charge >= 0.3 is 0 Å². The molecule has 2 heterocycles. The van der Waals surface area contributed by atoms with Gasteiger partial charge in [-0.25, -0.2) is 9.97 Å². The molecule has 3 nitrogen and oxygen atoms in total. The summed E-state index contributed by atoms with van der Waals surface area (Å²) in [7, 11) is 0. The lowest BCUT2D eigenvalue weighted by Crippen LogP contribution is -1.94. The summed E-state index contributed by atoms with van der Waals surface area (Å²) < 4.78 is 1.08. The number of hydrogen-bond acceptors (Lipinski definition) is 4. The monoisotopic (exact) mass is 293 g/mol. The van der Waals surface area contributed by atoms with E-state index in [-0.39, 0.29) is 0 Å². The molecule has 80 valence electrons. The van der Waals surface area contributed by atoms with Gasteiger partial charge in [-0.1, -0.05) is 0 Å². The van der Waals surface area contributed by atoms with Crippen molar-refractivity contribution in [1.82, 2.24) is 9.97 Å². The highest BCUT2D eigenvalue weighted by Crippen LogP contribution is 2.29. The van der Waals surface area contributed by atoms with Crippen molar-refractivity contribution in [3.05, 3.63) is 34.0 Å². The lowest BCUT2D eigenvalue weighted by Gasteiger charge is -1.99. The third-order valence-corrected chi connectivity index (χ3v) is 3.64. The zero-order chi connectivity index (χ0) is 11.4. The molecule has 0 fully saturated rings. The molecule has 0 N–H and O–H groups in total. The fourth-order valence-electron chi connectivity index (χ4n) is 1.28. The lowest BCUT2D eigenvalue weighted by atomic mass is 10.3. The Labute approximate surface area is 106 Å². The van der Waals surface area contributed by atoms with Crippen molar-refractivity contribution < 1.29 is 0 Å². The van der Waals surface area contributed by atoms with E-state index in [2.05, 4.69) is 32.0 Å². The standard InChI is InChI=1S/C11H8BrN3S/c12-10-4-3-9(16-10)8-5-7-14-11(15-8)2-1-6-13/h3-5,7H,1-2H2. The molecule has 0 bridgehead atoms. The Balaban J connectivity index is 2.26. The summed E-state index contributed by atoms with van der Waals surface area (Å²) in [5, 5.41) is 8.51. The van der Waals surface area contributed by atoms with E-state index in [9.17, 15) is 0 Å². The van der Waals surface area contributed by atoms with Crippen molar-refractivity contribution in [3.63, 3.8) is 0 Å². The SMILES string of the molecule is N#CCCc1nccc(-c2ccc(Br)s2)n1. The van der Waals surface area contributed by atoms with Crippen LogP contribution in [0.2, 0.25) is 0 Å². The first-order valence-corrected chi connectivity index (χ1v) is 6.35. The minimum Gasteiger partial charge on any atom is -0.241 e. The molecule has 5 heteroatoms. The number of nitriles is 1. The largest absolute Gasteiger partial charge is 0.241 e. The van der Waals surface area contributed by atoms with Gasteiger partial charge in [0.15, 0.2) is 0 Å². The Morgan fingerprint density at radius 2 is 2.25 bits per heavy atom. The maximum atomic E-state index is 8.51. The van der Waals surface area contributed by atoms with E-state index < -0.39 is 0 Å². The number of thiophene rings is 1. The van der Waals surface area contributed by atoms with Gasteiger partial charge in [-0.3, -0.25) is 0 Å². The molecule has 0 amide bonds. The van der Waals surface area contributed by atoms with Gasteiger partial charge in [0.25, 0.3) is 0 Å². The first kappa shape index (κ1) is 11.2. The van der Waals surface area contributed by atoms with Crippen LogP contribution in [0.25, 0.3) is 10.6 Å². The molecule has 2 rings (SSSR count). The third kappa shape index (κ3) is 2.65. The van der Waals surface area contributed by atoms with E-state index in [0.29, 0.717) is 12.8 Å². The topological polar surface area (TPSA) is 49.6 Å². The second-order valence-corrected chi connectivity index (χ2v) is 5.58. The van der Waals surface area contributed by atoms with Crippen LogP contribution in [0, 0.1) is 11.3 Å². The normalized spacial score (nSPS) is 10.0. The van der Waals surface area contributed by atoms with E-state index in [0.717, 1.165) is 20.2 Å². The number of nitrogens with zero attached hydrogens (tertiary/aromatic N) is 3. The molecule has 0 atom stereocenters. The molecule has 0 aliphatic heterocycles. The van der Waals surface area contributed by atoms with Gasteiger partial charge in [0.2, 0.25) is 0 Å². The van der Waals surface area contributed by atoms with Gasteiger partial charge in [-0.2, -0.15) is 5.26 Å². The molecule has 0 radical (unpaired) electrons. The Morgan fingerprint density at radius 3 is 2.94 bits per heavy atom. The Hall–Kier alpha value is -1.25. The van der Waals surface area contributed by atoms with Crippen molar-refractivity contribution in [2.45, 2.75) is 12.8 Å². The van der Waals surface area contributed by atoms with Crippen LogP contribution >= 0.6 is 27.3 Å². The zero-order valence-corrected chi connectivity index (χ0v) is 10.8. The number of aryl methyl sites for hydroxylation is 1. The fraction of sp³-hybridized carbons (Fsp3) is 0.182. The van der Waals surface area contributed by atoms with Crippen LogP contribution in [0.15, 0.2) is 28.2 Å². The van der Waals surface area contributed by atoms with Crippen LogP contribution in [0.1, 0.15) is 12.2 Å². The molecule has 0 aliphatic rings. The predicted molar refractivity (Wildman–Crippen MR) is 67.0 cm³/mol. The second-order valence-electron chi connectivity index (χ2n) is 3.12. The first-order chi connectivity index (χ1) is 7.79. The summed E-state index contributed by atoms with van der Waals surface area (Å²) >= 11 is 5.06. The molecule has 2 aromatic rings. The fourth-order valence-corrected chi connectivity index (χ4v) is 2.63. The number of halogens is 1. The van der Waals surface area contributed by atoms with Crippen molar-refractivity contribution in [3.8, 4) is 16.6 Å². The maximum Gasteiger partial charge on any atom is 0.130 e. The minimum absolute atomic E-state index is 0.456. The highest BCUT2D eigenvalue weighted by atomic mass is 79.9. The minimum atomic E-state index is 0.456. The smallest absolute Gasteiger partial charge is 0.130 e. The quantitative estimate of drug-likeness (QED) is 0.871. The summed E-state index contributed by atoms with van der Waals surface area (Å²) in [6, 6.07) is 7.99. The average molecular weight is 294 g/mol. The molecule has 0 saturated heterocycles. The van der Waals surface area contributed by atoms with Crippen LogP contribution < -0.4 is 0 Å². The van der Waals surface area contributed by atoms with Crippen molar-refractivity contribution in [2.24, 2.45) is 0 Å². The Kier molecular flexibility index (Phi) is 3.65. The molecular weight excluding hydrogens is 286 g/mol. The van der Waals surface area contributed by atoms with Crippen LogP contribution in [0.5, 0.6) is 0 Å². The summed E-state index contributed by atoms with van der Waals surface area (Å²) in [6.45, 7) is 0. The maximum absolute atomic E-state index is 8.51. The van der Waals surface area contributed by atoms with Crippen molar-refractivity contribution in [1.29, 1.82) is 5.26 Å². The van der Waals surface area contributed by atoms with Gasteiger partial charge in [0.1, 0.15) is 5.82 Å². The average Bonchev–Trinajstić information content (AvgIpc) is 2.74. The van der Waals surface area contributed by atoms with Gasteiger partial charge in [0.05, 0.1) is 20.4 Å². The van der Waals surface area contributed by atoms with E-state index >= 15 is 0 Å². The Bertz CT molecular complexity index is 530. The van der Waals surface area contributed by atoms with Crippen LogP contribution in [0.3, 0.4) is 0 Å². The zero-order valence-electron chi connectivity index (χ0n) is 8.35. The van der Waals surface area contributed by atoms with Gasteiger partial charge in [0, 0.05) is 19.0 Å². The number of hydrogen-bond donors (Lipinski definition) is 0. The van der Waals surface area contributed by atoms with Crippen molar-refractivity contribution in [2.75, 3.05) is 0 Å². The van der Waals surface area contributed by atoms with Crippen LogP contribution in [-0.4, -0.2) is 9.97 Å². The molecule has 0 aromatic carbocycles. The highest BCUT2D eigenvalue weighted by Gasteiger charge is 2.04. The van der Waals surface area contributed by atoms with Crippen LogP contribution in [0.4, 0.5) is 0 Å². The van der Waals surface area contributed by atoms with Gasteiger partial charge < -0.3 is 0 Å². The van der Waals surface area contributed by atoms with Gasteiger partial charge in [-0.15, -0.1) is 11.3 Å². The molecular formula is C11H8BrN3S. The number of aromatic nitrogens is 2. The molecule has 16 heavy (non-hydrogen) atoms. The lowest BCUT2D eigenvalue weighted by molar-refractivity contribution is 0.888. The third-order valence-electron chi connectivity index (χ3n) is 1.99. The summed E-state index contributed by atoms with van der Waals surface area (Å²) in [5.41, 5.74) is 0.915. The van der Waals surface area contributed by atoms with E-state index in [1.807, 2.05) is 18.2 Å². The molecule has 0 aliphatic carbocycles. The van der Waals surface area contributed by atoms with E-state index in [1.165, 1.54) is 0 Å². The summed E-state index contributed by atoms with van der Waals surface area (Å²) in [5.74, 6) is 0.726. The van der Waals surface area contributed by atoms with Gasteiger partial charge in [-0.05, 0) is 34.1 Å². The van der Waals surface area contributed by atoms with Crippen LogP contribution in [-0.2, 0) is 6.42 Å². The Morgan fingerprint density at radius 1 is 1.38 bits per heavy atom. The molecule has 0 spiro atoms. The molecule has 0 unspecified atom stereocenters. The second kappa shape index (κ2) is 5.19. The molecule has 0 saturated carbocycles. The number of rotatable bonds is 3. The first-order valence-electron chi connectivity index (χ1n) is 4.74.